The number of carbonyl (C=O) groups is 3. The third-order valence-corrected chi connectivity index (χ3v) is 8.05. The fourth-order valence-electron chi connectivity index (χ4n) is 5.54. The number of Topliss-reactive ketones (excluding diaryl/α,β-unsaturated/α-hetero) is 2. The topological polar surface area (TPSA) is 179 Å². The van der Waals surface area contributed by atoms with E-state index in [1.807, 2.05) is 0 Å². The van der Waals surface area contributed by atoms with Crippen molar-refractivity contribution >= 4 is 34.6 Å². The number of ketones is 2. The molecule has 3 heterocycles. The van der Waals surface area contributed by atoms with Crippen molar-refractivity contribution in [2.75, 3.05) is 5.73 Å². The number of aromatic nitrogens is 4. The van der Waals surface area contributed by atoms with Crippen LogP contribution in [0.5, 0.6) is 0 Å². The highest BCUT2D eigenvalue weighted by Crippen LogP contribution is 2.41. The smallest absolute Gasteiger partial charge is 0.306 e. The average Bonchev–Trinajstić information content (AvgIpc) is 3.51. The lowest BCUT2D eigenvalue weighted by Gasteiger charge is -2.30. The maximum Gasteiger partial charge on any atom is 0.306 e. The number of fused-ring (bicyclic) bond motifs is 1. The second kappa shape index (κ2) is 15.9. The van der Waals surface area contributed by atoms with Crippen molar-refractivity contribution in [2.24, 2.45) is 0 Å². The van der Waals surface area contributed by atoms with Crippen LogP contribution in [0.15, 0.2) is 11.1 Å². The number of rotatable bonds is 19. The normalized spacial score (nSPS) is 21.0. The maximum absolute atomic E-state index is 12.7. The van der Waals surface area contributed by atoms with Gasteiger partial charge in [0.05, 0.1) is 6.33 Å². The van der Waals surface area contributed by atoms with E-state index in [1.165, 1.54) is 82.5 Å². The Balaban J connectivity index is 1.50. The number of H-pyrrole nitrogens is 1. The second-order valence-electron chi connectivity index (χ2n) is 11.5. The molecule has 42 heavy (non-hydrogen) atoms. The molecular formula is C30H47N5O7. The summed E-state index contributed by atoms with van der Waals surface area (Å²) < 4.78 is 12.8. The molecule has 1 unspecified atom stereocenters. The van der Waals surface area contributed by atoms with Gasteiger partial charge in [0.2, 0.25) is 5.95 Å². The van der Waals surface area contributed by atoms with Crippen LogP contribution >= 0.6 is 0 Å². The molecule has 1 aliphatic rings. The first-order valence-corrected chi connectivity index (χ1v) is 15.4. The molecule has 0 saturated carbocycles. The minimum Gasteiger partial charge on any atom is -0.451 e. The third kappa shape index (κ3) is 8.70. The van der Waals surface area contributed by atoms with Gasteiger partial charge in [-0.1, -0.05) is 84.0 Å². The van der Waals surface area contributed by atoms with Crippen LogP contribution in [0.3, 0.4) is 0 Å². The van der Waals surface area contributed by atoms with Crippen LogP contribution in [-0.4, -0.2) is 60.0 Å². The maximum atomic E-state index is 12.7. The number of hydrogen-bond acceptors (Lipinski definition) is 10. The Morgan fingerprint density at radius 2 is 1.64 bits per heavy atom. The van der Waals surface area contributed by atoms with Gasteiger partial charge in [-0.05, 0) is 20.3 Å². The van der Waals surface area contributed by atoms with Gasteiger partial charge in [0, 0.05) is 12.8 Å². The van der Waals surface area contributed by atoms with Gasteiger partial charge in [-0.3, -0.25) is 28.7 Å². The number of carbonyl (C=O) groups excluding carboxylic acids is 3. The molecule has 2 aromatic heterocycles. The van der Waals surface area contributed by atoms with E-state index in [9.17, 15) is 24.3 Å². The molecule has 4 atom stereocenters. The van der Waals surface area contributed by atoms with Crippen LogP contribution in [0.25, 0.3) is 11.2 Å². The molecule has 234 valence electrons. The summed E-state index contributed by atoms with van der Waals surface area (Å²) in [6.07, 6.45) is 12.4. The van der Waals surface area contributed by atoms with Crippen LogP contribution in [-0.2, 0) is 23.9 Å². The predicted octanol–water partition coefficient (Wildman–Crippen LogP) is 4.29. The minimum atomic E-state index is -2.12. The number of anilines is 1. The molecule has 4 N–H and O–H groups in total. The zero-order chi connectivity index (χ0) is 30.7. The van der Waals surface area contributed by atoms with E-state index in [0.29, 0.717) is 6.42 Å². The van der Waals surface area contributed by atoms with Crippen molar-refractivity contribution in [3.8, 4) is 0 Å². The van der Waals surface area contributed by atoms with Gasteiger partial charge in [-0.25, -0.2) is 4.98 Å². The number of nitrogen functional groups attached to an aromatic ring is 1. The molecule has 0 spiro atoms. The Morgan fingerprint density at radius 3 is 2.19 bits per heavy atom. The van der Waals surface area contributed by atoms with Gasteiger partial charge >= 0.3 is 5.97 Å². The Labute approximate surface area is 246 Å². The van der Waals surface area contributed by atoms with Crippen molar-refractivity contribution in [1.82, 2.24) is 19.5 Å². The second-order valence-corrected chi connectivity index (χ2v) is 11.5. The number of nitrogens with one attached hydrogen (secondary N) is 1. The molecule has 1 aliphatic heterocycles. The first-order valence-electron chi connectivity index (χ1n) is 15.4. The molecule has 0 amide bonds. The summed E-state index contributed by atoms with van der Waals surface area (Å²) in [7, 11) is 0. The fourth-order valence-corrected chi connectivity index (χ4v) is 5.54. The lowest BCUT2D eigenvalue weighted by molar-refractivity contribution is -0.177. The summed E-state index contributed by atoms with van der Waals surface area (Å²) in [6.45, 7) is 4.63. The number of unbranched alkanes of at least 4 members (excludes halogenated alkanes) is 12. The standard InChI is InChI=1S/C30H47N5O7/c1-4-5-6-7-8-9-10-11-12-13-14-15-16-17-23(38)42-25(20(2)36)26-30(40,21(3)37)18-22(41-26)35-19-32-24-27(35)33-29(31)34-28(24)39/h19,22,25-26,40H,4-18H2,1-3H3,(H3,31,33,34,39)/t22-,25?,26-,30-/m1/s1. The molecule has 0 aromatic carbocycles. The molecule has 3 rings (SSSR count). The number of hydrogen-bond donors (Lipinski definition) is 3. The monoisotopic (exact) mass is 589 g/mol. The summed E-state index contributed by atoms with van der Waals surface area (Å²) in [6, 6.07) is 0. The summed E-state index contributed by atoms with van der Waals surface area (Å²) in [4.78, 5) is 60.5. The van der Waals surface area contributed by atoms with E-state index in [0.717, 1.165) is 19.3 Å². The first kappa shape index (κ1) is 33.4. The number of aliphatic hydroxyl groups is 1. The van der Waals surface area contributed by atoms with Crippen molar-refractivity contribution in [3.63, 3.8) is 0 Å². The van der Waals surface area contributed by atoms with Crippen LogP contribution in [0.2, 0.25) is 0 Å². The van der Waals surface area contributed by atoms with Gasteiger partial charge in [0.15, 0.2) is 34.4 Å². The first-order chi connectivity index (χ1) is 20.1. The lowest BCUT2D eigenvalue weighted by atomic mass is 9.86. The third-order valence-electron chi connectivity index (χ3n) is 8.05. The Morgan fingerprint density at radius 1 is 1.07 bits per heavy atom. The van der Waals surface area contributed by atoms with Crippen molar-refractivity contribution in [3.05, 3.63) is 16.7 Å². The number of nitrogens with two attached hydrogens (primary N) is 1. The molecule has 12 nitrogen and oxygen atoms in total. The van der Waals surface area contributed by atoms with Gasteiger partial charge in [-0.2, -0.15) is 4.98 Å². The zero-order valence-electron chi connectivity index (χ0n) is 25.2. The molecule has 0 bridgehead atoms. The summed E-state index contributed by atoms with van der Waals surface area (Å²) in [5.41, 5.74) is 3.08. The molecule has 2 aromatic rings. The summed E-state index contributed by atoms with van der Waals surface area (Å²) in [5.74, 6) is -1.95. The average molecular weight is 590 g/mol. The van der Waals surface area contributed by atoms with E-state index < -0.39 is 47.1 Å². The minimum absolute atomic E-state index is 0.00466. The number of esters is 1. The number of ether oxygens (including phenoxy) is 2. The molecule has 12 heteroatoms. The highest BCUT2D eigenvalue weighted by Gasteiger charge is 2.57. The molecule has 0 aliphatic carbocycles. The fraction of sp³-hybridized carbons (Fsp3) is 0.733. The van der Waals surface area contributed by atoms with E-state index in [4.69, 9.17) is 15.2 Å². The molecule has 1 saturated heterocycles. The van der Waals surface area contributed by atoms with E-state index in [1.54, 1.807) is 0 Å². The predicted molar refractivity (Wildman–Crippen MR) is 158 cm³/mol. The zero-order valence-corrected chi connectivity index (χ0v) is 25.2. The highest BCUT2D eigenvalue weighted by molar-refractivity contribution is 5.90. The van der Waals surface area contributed by atoms with E-state index in [2.05, 4.69) is 21.9 Å². The number of aromatic amines is 1. The highest BCUT2D eigenvalue weighted by atomic mass is 16.6. The number of nitrogens with zero attached hydrogens (tertiary/aromatic N) is 3. The van der Waals surface area contributed by atoms with Crippen molar-refractivity contribution < 1.29 is 29.0 Å². The van der Waals surface area contributed by atoms with Gasteiger partial charge < -0.3 is 20.3 Å². The molecular weight excluding hydrogens is 542 g/mol. The van der Waals surface area contributed by atoms with Crippen LogP contribution in [0.4, 0.5) is 5.95 Å². The van der Waals surface area contributed by atoms with Crippen molar-refractivity contribution in [2.45, 2.75) is 141 Å². The SMILES string of the molecule is CCCCCCCCCCCCCCCC(=O)OC(C(C)=O)[C@H]1O[C@@H](n2cnc3c(=O)[nH]c(N)nc32)C[C@@]1(O)C(C)=O. The Hall–Kier alpha value is -3.12. The van der Waals surface area contributed by atoms with Crippen LogP contribution < -0.4 is 11.3 Å². The number of imidazole rings is 1. The van der Waals surface area contributed by atoms with Gasteiger partial charge in [-0.15, -0.1) is 0 Å². The van der Waals surface area contributed by atoms with Crippen LogP contribution in [0.1, 0.15) is 123 Å². The van der Waals surface area contributed by atoms with E-state index >= 15 is 0 Å². The lowest BCUT2D eigenvalue weighted by Crippen LogP contribution is -2.54. The quantitative estimate of drug-likeness (QED) is 0.158. The molecule has 1 fully saturated rings. The van der Waals surface area contributed by atoms with Crippen molar-refractivity contribution in [1.29, 1.82) is 0 Å². The van der Waals surface area contributed by atoms with E-state index in [-0.39, 0.29) is 30.0 Å². The molecule has 0 radical (unpaired) electrons. The Bertz CT molecular complexity index is 1260. The van der Waals surface area contributed by atoms with Crippen LogP contribution in [0, 0.1) is 0 Å². The summed E-state index contributed by atoms with van der Waals surface area (Å²) >= 11 is 0. The van der Waals surface area contributed by atoms with Gasteiger partial charge in [0.1, 0.15) is 12.3 Å². The largest absolute Gasteiger partial charge is 0.451 e. The Kier molecular flexibility index (Phi) is 12.7. The summed E-state index contributed by atoms with van der Waals surface area (Å²) in [5, 5.41) is 11.3. The van der Waals surface area contributed by atoms with Gasteiger partial charge in [0.25, 0.3) is 5.56 Å².